The van der Waals surface area contributed by atoms with Crippen molar-refractivity contribution in [3.05, 3.63) is 54.1 Å². The van der Waals surface area contributed by atoms with Gasteiger partial charge < -0.3 is 19.5 Å². The highest BCUT2D eigenvalue weighted by Crippen LogP contribution is 2.35. The van der Waals surface area contributed by atoms with Gasteiger partial charge in [-0.1, -0.05) is 30.3 Å². The van der Waals surface area contributed by atoms with E-state index in [4.69, 9.17) is 14.6 Å². The molecule has 1 fully saturated rings. The summed E-state index contributed by atoms with van der Waals surface area (Å²) in [5.41, 5.74) is 1.26. The Morgan fingerprint density at radius 2 is 2.08 bits per heavy atom. The van der Waals surface area contributed by atoms with Crippen LogP contribution in [-0.2, 0) is 5.75 Å². The van der Waals surface area contributed by atoms with Gasteiger partial charge in [-0.2, -0.15) is 0 Å². The fourth-order valence-corrected chi connectivity index (χ4v) is 3.94. The van der Waals surface area contributed by atoms with Crippen LogP contribution in [0.25, 0.3) is 0 Å². The molecule has 3 rings (SSSR count). The predicted octanol–water partition coefficient (Wildman–Crippen LogP) is 4.51. The zero-order valence-corrected chi connectivity index (χ0v) is 15.6. The van der Waals surface area contributed by atoms with Gasteiger partial charge in [-0.25, -0.2) is 4.79 Å². The van der Waals surface area contributed by atoms with Gasteiger partial charge in [0.15, 0.2) is 0 Å². The van der Waals surface area contributed by atoms with Crippen molar-refractivity contribution in [1.82, 2.24) is 4.90 Å². The highest BCUT2D eigenvalue weighted by Gasteiger charge is 2.24. The molecule has 2 aromatic carbocycles. The van der Waals surface area contributed by atoms with Crippen molar-refractivity contribution in [2.75, 3.05) is 20.2 Å². The number of hydrogen-bond donors (Lipinski definition) is 1. The minimum Gasteiger partial charge on any atom is -0.495 e. The number of likely N-dealkylation sites (tertiary alicyclic amines) is 1. The van der Waals surface area contributed by atoms with E-state index < -0.39 is 6.09 Å². The molecule has 1 amide bonds. The maximum Gasteiger partial charge on any atom is 0.407 e. The van der Waals surface area contributed by atoms with E-state index in [2.05, 4.69) is 12.1 Å². The SMILES string of the molecule is COc1cc(O[C@@H]2CCCN(C(=O)O)C2)ccc1SCc1ccccc1. The fourth-order valence-electron chi connectivity index (χ4n) is 2.98. The molecule has 5 nitrogen and oxygen atoms in total. The maximum absolute atomic E-state index is 11.1. The summed E-state index contributed by atoms with van der Waals surface area (Å²) in [7, 11) is 1.65. The normalized spacial score (nSPS) is 17.0. The maximum atomic E-state index is 11.1. The van der Waals surface area contributed by atoms with E-state index in [0.717, 1.165) is 29.2 Å². The number of ether oxygens (including phenoxy) is 2. The number of carbonyl (C=O) groups is 1. The second-order valence-corrected chi connectivity index (χ2v) is 7.21. The summed E-state index contributed by atoms with van der Waals surface area (Å²) in [6, 6.07) is 16.1. The Morgan fingerprint density at radius 1 is 1.27 bits per heavy atom. The van der Waals surface area contributed by atoms with Crippen molar-refractivity contribution in [3.63, 3.8) is 0 Å². The first-order valence-corrected chi connectivity index (χ1v) is 9.63. The van der Waals surface area contributed by atoms with E-state index in [9.17, 15) is 4.79 Å². The van der Waals surface area contributed by atoms with Gasteiger partial charge in [0.2, 0.25) is 0 Å². The highest BCUT2D eigenvalue weighted by molar-refractivity contribution is 7.98. The predicted molar refractivity (Wildman–Crippen MR) is 102 cm³/mol. The first-order chi connectivity index (χ1) is 12.7. The molecule has 0 radical (unpaired) electrons. The molecule has 0 unspecified atom stereocenters. The molecule has 26 heavy (non-hydrogen) atoms. The topological polar surface area (TPSA) is 59.0 Å². The zero-order valence-electron chi connectivity index (χ0n) is 14.8. The van der Waals surface area contributed by atoms with E-state index in [0.29, 0.717) is 18.8 Å². The lowest BCUT2D eigenvalue weighted by Gasteiger charge is -2.31. The lowest BCUT2D eigenvalue weighted by Crippen LogP contribution is -2.43. The van der Waals surface area contributed by atoms with Crippen LogP contribution in [0.4, 0.5) is 4.79 Å². The van der Waals surface area contributed by atoms with Crippen LogP contribution in [0.3, 0.4) is 0 Å². The Labute approximate surface area is 157 Å². The number of thioether (sulfide) groups is 1. The average Bonchev–Trinajstić information content (AvgIpc) is 2.68. The van der Waals surface area contributed by atoms with E-state index in [1.807, 2.05) is 36.4 Å². The average molecular weight is 373 g/mol. The number of carboxylic acid groups (broad SMARTS) is 1. The second-order valence-electron chi connectivity index (χ2n) is 6.20. The number of benzene rings is 2. The molecule has 1 aliphatic heterocycles. The van der Waals surface area contributed by atoms with Crippen LogP contribution in [0.1, 0.15) is 18.4 Å². The van der Waals surface area contributed by atoms with Crippen LogP contribution in [0.5, 0.6) is 11.5 Å². The van der Waals surface area contributed by atoms with Crippen molar-refractivity contribution < 1.29 is 19.4 Å². The van der Waals surface area contributed by atoms with Crippen molar-refractivity contribution >= 4 is 17.9 Å². The van der Waals surface area contributed by atoms with Gasteiger partial charge in [0, 0.05) is 23.3 Å². The third-order valence-electron chi connectivity index (χ3n) is 4.32. The van der Waals surface area contributed by atoms with E-state index >= 15 is 0 Å². The van der Waals surface area contributed by atoms with Crippen molar-refractivity contribution in [3.8, 4) is 11.5 Å². The summed E-state index contributed by atoms with van der Waals surface area (Å²) >= 11 is 1.72. The van der Waals surface area contributed by atoms with Gasteiger partial charge in [-0.15, -0.1) is 11.8 Å². The van der Waals surface area contributed by atoms with Gasteiger partial charge in [0.25, 0.3) is 0 Å². The first-order valence-electron chi connectivity index (χ1n) is 8.65. The van der Waals surface area contributed by atoms with Crippen LogP contribution in [0.2, 0.25) is 0 Å². The van der Waals surface area contributed by atoms with Gasteiger partial charge in [-0.05, 0) is 30.5 Å². The quantitative estimate of drug-likeness (QED) is 0.755. The number of methoxy groups -OCH3 is 1. The summed E-state index contributed by atoms with van der Waals surface area (Å²) in [5.74, 6) is 2.35. The minimum absolute atomic E-state index is 0.118. The number of amides is 1. The molecular weight excluding hydrogens is 350 g/mol. The summed E-state index contributed by atoms with van der Waals surface area (Å²) < 4.78 is 11.5. The number of piperidine rings is 1. The Morgan fingerprint density at radius 3 is 2.81 bits per heavy atom. The molecule has 138 valence electrons. The number of hydrogen-bond acceptors (Lipinski definition) is 4. The monoisotopic (exact) mass is 373 g/mol. The van der Waals surface area contributed by atoms with Crippen molar-refractivity contribution in [1.29, 1.82) is 0 Å². The molecule has 2 aromatic rings. The minimum atomic E-state index is -0.886. The van der Waals surface area contributed by atoms with Gasteiger partial charge >= 0.3 is 6.09 Å². The Balaban J connectivity index is 1.63. The smallest absolute Gasteiger partial charge is 0.407 e. The summed E-state index contributed by atoms with van der Waals surface area (Å²) in [4.78, 5) is 13.6. The molecule has 1 N–H and O–H groups in total. The molecule has 6 heteroatoms. The Kier molecular flexibility index (Phi) is 6.28. The van der Waals surface area contributed by atoms with Crippen LogP contribution in [0, 0.1) is 0 Å². The van der Waals surface area contributed by atoms with Crippen molar-refractivity contribution in [2.45, 2.75) is 29.6 Å². The van der Waals surface area contributed by atoms with E-state index in [1.54, 1.807) is 18.9 Å². The van der Waals surface area contributed by atoms with Crippen LogP contribution >= 0.6 is 11.8 Å². The molecule has 0 aromatic heterocycles. The molecule has 0 spiro atoms. The summed E-state index contributed by atoms with van der Waals surface area (Å²) in [6.45, 7) is 0.982. The molecule has 1 atom stereocenters. The molecular formula is C20H23NO4S. The molecule has 0 aliphatic carbocycles. The zero-order chi connectivity index (χ0) is 18.4. The summed E-state index contributed by atoms with van der Waals surface area (Å²) in [5, 5.41) is 9.14. The number of nitrogens with zero attached hydrogens (tertiary/aromatic N) is 1. The fraction of sp³-hybridized carbons (Fsp3) is 0.350. The Hall–Kier alpha value is -2.34. The standard InChI is InChI=1S/C20H23NO4S/c1-24-18-12-16(25-17-8-5-11-21(13-17)20(22)23)9-10-19(18)26-14-15-6-3-2-4-7-15/h2-4,6-7,9-10,12,17H,5,8,11,13-14H2,1H3,(H,22,23)/t17-/m1/s1. The largest absolute Gasteiger partial charge is 0.495 e. The van der Waals surface area contributed by atoms with Gasteiger partial charge in [0.05, 0.1) is 13.7 Å². The lowest BCUT2D eigenvalue weighted by molar-refractivity contribution is 0.0790. The Bertz CT molecular complexity index is 738. The van der Waals surface area contributed by atoms with Crippen molar-refractivity contribution in [2.24, 2.45) is 0 Å². The van der Waals surface area contributed by atoms with Crippen LogP contribution in [-0.4, -0.2) is 42.4 Å². The molecule has 0 saturated carbocycles. The third kappa shape index (κ3) is 4.85. The highest BCUT2D eigenvalue weighted by atomic mass is 32.2. The lowest BCUT2D eigenvalue weighted by atomic mass is 10.1. The first kappa shape index (κ1) is 18.5. The third-order valence-corrected chi connectivity index (χ3v) is 5.45. The van der Waals surface area contributed by atoms with Gasteiger partial charge in [0.1, 0.15) is 17.6 Å². The van der Waals surface area contributed by atoms with E-state index in [-0.39, 0.29) is 6.10 Å². The van der Waals surface area contributed by atoms with Gasteiger partial charge in [-0.3, -0.25) is 0 Å². The van der Waals surface area contributed by atoms with E-state index in [1.165, 1.54) is 10.5 Å². The molecule has 1 heterocycles. The molecule has 0 bridgehead atoms. The second kappa shape index (κ2) is 8.85. The number of rotatable bonds is 6. The summed E-state index contributed by atoms with van der Waals surface area (Å²) in [6.07, 6.45) is 0.673. The van der Waals surface area contributed by atoms with Crippen LogP contribution < -0.4 is 9.47 Å². The molecule has 1 aliphatic rings. The molecule has 1 saturated heterocycles. The van der Waals surface area contributed by atoms with Crippen LogP contribution in [0.15, 0.2) is 53.4 Å².